The first kappa shape index (κ1) is 10.7. The van der Waals surface area contributed by atoms with Gasteiger partial charge in [-0.1, -0.05) is 0 Å². The van der Waals surface area contributed by atoms with Crippen LogP contribution in [0.1, 0.15) is 23.4 Å². The van der Waals surface area contributed by atoms with Crippen LogP contribution in [0.2, 0.25) is 0 Å². The third kappa shape index (κ3) is 2.14. The number of hydrogen-bond acceptors (Lipinski definition) is 4. The van der Waals surface area contributed by atoms with Gasteiger partial charge in [-0.05, 0) is 25.7 Å². The summed E-state index contributed by atoms with van der Waals surface area (Å²) in [6, 6.07) is 0.564. The Morgan fingerprint density at radius 2 is 2.38 bits per heavy atom. The molecule has 2 aliphatic rings. The fourth-order valence-electron chi connectivity index (χ4n) is 2.49. The molecule has 1 saturated heterocycles. The first-order chi connectivity index (χ1) is 7.84. The van der Waals surface area contributed by atoms with Crippen molar-refractivity contribution >= 4 is 11.3 Å². The number of ether oxygens (including phenoxy) is 1. The van der Waals surface area contributed by atoms with Crippen LogP contribution in [-0.4, -0.2) is 24.2 Å². The summed E-state index contributed by atoms with van der Waals surface area (Å²) in [4.78, 5) is 5.64. The predicted octanol–water partition coefficient (Wildman–Crippen LogP) is 1.97. The fraction of sp³-hybridized carbons (Fsp3) is 0.750. The zero-order chi connectivity index (χ0) is 11.0. The van der Waals surface area contributed by atoms with Crippen molar-refractivity contribution in [2.45, 2.75) is 32.4 Å². The van der Waals surface area contributed by atoms with Gasteiger partial charge < -0.3 is 10.1 Å². The molecule has 2 unspecified atom stereocenters. The zero-order valence-electron chi connectivity index (χ0n) is 9.61. The van der Waals surface area contributed by atoms with Gasteiger partial charge in [0.2, 0.25) is 0 Å². The molecular formula is C12H18N2OS. The van der Waals surface area contributed by atoms with Crippen LogP contribution in [0.15, 0.2) is 5.51 Å². The first-order valence-corrected chi connectivity index (χ1v) is 6.92. The molecule has 3 rings (SSSR count). The number of nitrogens with one attached hydrogen (secondary N) is 1. The number of aryl methyl sites for hydroxylation is 1. The van der Waals surface area contributed by atoms with Gasteiger partial charge in [0.05, 0.1) is 24.4 Å². The Balaban J connectivity index is 1.56. The Morgan fingerprint density at radius 3 is 3.06 bits per heavy atom. The van der Waals surface area contributed by atoms with Gasteiger partial charge in [0.25, 0.3) is 0 Å². The summed E-state index contributed by atoms with van der Waals surface area (Å²) in [5, 5.41) is 3.64. The number of rotatable bonds is 4. The van der Waals surface area contributed by atoms with Gasteiger partial charge >= 0.3 is 0 Å². The minimum Gasteiger partial charge on any atom is -0.379 e. The van der Waals surface area contributed by atoms with Crippen LogP contribution in [0.3, 0.4) is 0 Å². The van der Waals surface area contributed by atoms with Crippen molar-refractivity contribution in [3.05, 3.63) is 16.1 Å². The molecule has 0 radical (unpaired) electrons. The van der Waals surface area contributed by atoms with Gasteiger partial charge in [-0.15, -0.1) is 11.3 Å². The largest absolute Gasteiger partial charge is 0.379 e. The van der Waals surface area contributed by atoms with Gasteiger partial charge in [0.15, 0.2) is 0 Å². The molecule has 0 bridgehead atoms. The second-order valence-electron chi connectivity index (χ2n) is 4.89. The van der Waals surface area contributed by atoms with Gasteiger partial charge in [-0.2, -0.15) is 0 Å². The third-order valence-electron chi connectivity index (χ3n) is 3.72. The van der Waals surface area contributed by atoms with Crippen LogP contribution in [0, 0.1) is 18.8 Å². The topological polar surface area (TPSA) is 34.2 Å². The lowest BCUT2D eigenvalue weighted by Crippen LogP contribution is -2.35. The molecule has 2 atom stereocenters. The first-order valence-electron chi connectivity index (χ1n) is 6.04. The predicted molar refractivity (Wildman–Crippen MR) is 64.5 cm³/mol. The lowest BCUT2D eigenvalue weighted by atomic mass is 9.98. The third-order valence-corrected chi connectivity index (χ3v) is 4.66. The average molecular weight is 238 g/mol. The van der Waals surface area contributed by atoms with E-state index in [1.807, 2.05) is 5.51 Å². The molecule has 0 spiro atoms. The molecule has 1 aromatic heterocycles. The quantitative estimate of drug-likeness (QED) is 0.871. The van der Waals surface area contributed by atoms with Crippen LogP contribution < -0.4 is 5.32 Å². The maximum absolute atomic E-state index is 5.60. The van der Waals surface area contributed by atoms with E-state index in [1.165, 1.54) is 23.4 Å². The molecule has 1 aliphatic carbocycles. The number of thiazole rings is 1. The van der Waals surface area contributed by atoms with Crippen molar-refractivity contribution in [2.24, 2.45) is 11.8 Å². The van der Waals surface area contributed by atoms with E-state index in [0.29, 0.717) is 6.04 Å². The van der Waals surface area contributed by atoms with E-state index in [0.717, 1.165) is 31.6 Å². The van der Waals surface area contributed by atoms with Gasteiger partial charge in [0, 0.05) is 23.4 Å². The number of aromatic nitrogens is 1. The molecule has 3 nitrogen and oxygen atoms in total. The Bertz CT molecular complexity index is 362. The van der Waals surface area contributed by atoms with Crippen LogP contribution in [0.5, 0.6) is 0 Å². The van der Waals surface area contributed by atoms with Crippen molar-refractivity contribution in [3.8, 4) is 0 Å². The van der Waals surface area contributed by atoms with E-state index in [1.54, 1.807) is 11.3 Å². The van der Waals surface area contributed by atoms with E-state index < -0.39 is 0 Å². The van der Waals surface area contributed by atoms with Gasteiger partial charge in [0.1, 0.15) is 0 Å². The molecule has 2 fully saturated rings. The van der Waals surface area contributed by atoms with Crippen molar-refractivity contribution in [3.63, 3.8) is 0 Å². The molecule has 88 valence electrons. The van der Waals surface area contributed by atoms with Crippen molar-refractivity contribution in [2.75, 3.05) is 13.2 Å². The minimum absolute atomic E-state index is 0.564. The van der Waals surface area contributed by atoms with Gasteiger partial charge in [-0.3, -0.25) is 0 Å². The summed E-state index contributed by atoms with van der Waals surface area (Å²) in [7, 11) is 0. The second-order valence-corrected chi connectivity index (χ2v) is 5.83. The molecule has 1 aromatic rings. The highest BCUT2D eigenvalue weighted by Gasteiger charge is 2.39. The lowest BCUT2D eigenvalue weighted by molar-refractivity contribution is 0.180. The molecule has 1 saturated carbocycles. The summed E-state index contributed by atoms with van der Waals surface area (Å²) in [6.07, 6.45) is 2.82. The normalized spacial score (nSPS) is 29.8. The summed E-state index contributed by atoms with van der Waals surface area (Å²) < 4.78 is 5.60. The molecular weight excluding hydrogens is 220 g/mol. The maximum Gasteiger partial charge on any atom is 0.0798 e. The lowest BCUT2D eigenvalue weighted by Gasteiger charge is -2.18. The van der Waals surface area contributed by atoms with E-state index in [2.05, 4.69) is 17.2 Å². The highest BCUT2D eigenvalue weighted by atomic mass is 32.1. The minimum atomic E-state index is 0.564. The second kappa shape index (κ2) is 4.43. The molecule has 2 heterocycles. The smallest absolute Gasteiger partial charge is 0.0798 e. The molecule has 0 aromatic carbocycles. The Labute approximate surface area is 100 Å². The summed E-state index contributed by atoms with van der Waals surface area (Å²) >= 11 is 1.74. The van der Waals surface area contributed by atoms with E-state index in [-0.39, 0.29) is 0 Å². The van der Waals surface area contributed by atoms with Crippen molar-refractivity contribution in [1.29, 1.82) is 0 Å². The SMILES string of the molecule is Cc1ncsc1CNC1COCC1C1CC1. The Morgan fingerprint density at radius 1 is 1.50 bits per heavy atom. The van der Waals surface area contributed by atoms with E-state index in [4.69, 9.17) is 4.74 Å². The molecule has 1 aliphatic heterocycles. The summed E-state index contributed by atoms with van der Waals surface area (Å²) in [5.41, 5.74) is 3.09. The molecule has 4 heteroatoms. The number of hydrogen-bond donors (Lipinski definition) is 1. The van der Waals surface area contributed by atoms with Crippen LogP contribution in [0.4, 0.5) is 0 Å². The fourth-order valence-corrected chi connectivity index (χ4v) is 3.22. The highest BCUT2D eigenvalue weighted by Crippen LogP contribution is 2.40. The zero-order valence-corrected chi connectivity index (χ0v) is 10.4. The molecule has 16 heavy (non-hydrogen) atoms. The average Bonchev–Trinajstić information content (AvgIpc) is 2.88. The Hall–Kier alpha value is -0.450. The van der Waals surface area contributed by atoms with Crippen LogP contribution in [0.25, 0.3) is 0 Å². The standard InChI is InChI=1S/C12H18N2OS/c1-8-12(16-7-14-8)4-13-11-6-15-5-10(11)9-2-3-9/h7,9-11,13H,2-6H2,1H3. The van der Waals surface area contributed by atoms with Crippen LogP contribution >= 0.6 is 11.3 Å². The van der Waals surface area contributed by atoms with Crippen molar-refractivity contribution in [1.82, 2.24) is 10.3 Å². The van der Waals surface area contributed by atoms with E-state index >= 15 is 0 Å². The Kier molecular flexibility index (Phi) is 2.96. The van der Waals surface area contributed by atoms with Crippen LogP contribution in [-0.2, 0) is 11.3 Å². The number of nitrogens with zero attached hydrogens (tertiary/aromatic N) is 1. The monoisotopic (exact) mass is 238 g/mol. The van der Waals surface area contributed by atoms with Crippen molar-refractivity contribution < 1.29 is 4.74 Å². The summed E-state index contributed by atoms with van der Waals surface area (Å²) in [5.74, 6) is 1.69. The summed E-state index contributed by atoms with van der Waals surface area (Å²) in [6.45, 7) is 4.88. The van der Waals surface area contributed by atoms with Gasteiger partial charge in [-0.25, -0.2) is 4.98 Å². The van der Waals surface area contributed by atoms with E-state index in [9.17, 15) is 0 Å². The molecule has 1 N–H and O–H groups in total. The highest BCUT2D eigenvalue weighted by molar-refractivity contribution is 7.09. The molecule has 0 amide bonds. The maximum atomic E-state index is 5.60.